The number of hydrogen-bond donors (Lipinski definition) is 1. The van der Waals surface area contributed by atoms with Crippen LogP contribution in [0, 0.1) is 0 Å². The number of furan rings is 1. The SMILES string of the molecule is COC(=O)c1ccc(CN2C(=O)N/C(=C\c3ccc(OC(=O)/C=C/c4ccc(Cl)cc4)c(OC)c3)C2=O)o1. The third-order valence-electron chi connectivity index (χ3n) is 5.32. The summed E-state index contributed by atoms with van der Waals surface area (Å²) in [4.78, 5) is 50.0. The van der Waals surface area contributed by atoms with E-state index in [0.29, 0.717) is 10.6 Å². The van der Waals surface area contributed by atoms with E-state index >= 15 is 0 Å². The maximum absolute atomic E-state index is 12.8. The molecule has 1 fully saturated rings. The number of rotatable bonds is 8. The quantitative estimate of drug-likeness (QED) is 0.194. The standard InChI is InChI=1S/C27H21ClN2O8/c1-35-23-14-17(5-10-21(23)38-24(31)12-6-16-3-7-18(28)8-4-16)13-20-25(32)30(27(34)29-20)15-19-9-11-22(37-19)26(33)36-2/h3-14H,15H2,1-2H3,(H,29,34)/b12-6+,20-13-. The first-order valence-corrected chi connectivity index (χ1v) is 11.5. The van der Waals surface area contributed by atoms with Crippen LogP contribution in [0.5, 0.6) is 11.5 Å². The first-order chi connectivity index (χ1) is 18.3. The second-order valence-corrected chi connectivity index (χ2v) is 8.29. The van der Waals surface area contributed by atoms with E-state index in [1.807, 2.05) is 0 Å². The fourth-order valence-electron chi connectivity index (χ4n) is 3.45. The number of amides is 3. The van der Waals surface area contributed by atoms with Crippen LogP contribution in [0.3, 0.4) is 0 Å². The van der Waals surface area contributed by atoms with Crippen molar-refractivity contribution in [3.8, 4) is 11.5 Å². The van der Waals surface area contributed by atoms with Gasteiger partial charge in [0.1, 0.15) is 11.5 Å². The average Bonchev–Trinajstić information content (AvgIpc) is 3.49. The highest BCUT2D eigenvalue weighted by Gasteiger charge is 2.34. The summed E-state index contributed by atoms with van der Waals surface area (Å²) in [6, 6.07) is 13.8. The molecule has 1 aliphatic heterocycles. The summed E-state index contributed by atoms with van der Waals surface area (Å²) < 4.78 is 20.6. The molecule has 1 N–H and O–H groups in total. The van der Waals surface area contributed by atoms with E-state index in [0.717, 1.165) is 10.5 Å². The Balaban J connectivity index is 1.44. The summed E-state index contributed by atoms with van der Waals surface area (Å²) in [5.41, 5.74) is 1.30. The van der Waals surface area contributed by atoms with Crippen LogP contribution in [-0.4, -0.2) is 43.0 Å². The zero-order valence-corrected chi connectivity index (χ0v) is 21.0. The minimum Gasteiger partial charge on any atom is -0.493 e. The number of hydrogen-bond acceptors (Lipinski definition) is 8. The Labute approximate surface area is 222 Å². The van der Waals surface area contributed by atoms with Crippen molar-refractivity contribution in [2.24, 2.45) is 0 Å². The Morgan fingerprint density at radius 2 is 1.74 bits per heavy atom. The average molecular weight is 537 g/mol. The molecule has 0 bridgehead atoms. The highest BCUT2D eigenvalue weighted by atomic mass is 35.5. The van der Waals surface area contributed by atoms with E-state index in [1.54, 1.807) is 42.5 Å². The maximum Gasteiger partial charge on any atom is 0.373 e. The monoisotopic (exact) mass is 536 g/mol. The van der Waals surface area contributed by atoms with Crippen molar-refractivity contribution in [3.63, 3.8) is 0 Å². The molecule has 11 heteroatoms. The van der Waals surface area contributed by atoms with Gasteiger partial charge in [0.2, 0.25) is 5.76 Å². The van der Waals surface area contributed by atoms with Crippen LogP contribution < -0.4 is 14.8 Å². The van der Waals surface area contributed by atoms with Crippen molar-refractivity contribution in [1.29, 1.82) is 0 Å². The molecule has 38 heavy (non-hydrogen) atoms. The van der Waals surface area contributed by atoms with E-state index < -0.39 is 23.9 Å². The van der Waals surface area contributed by atoms with E-state index in [-0.39, 0.29) is 35.3 Å². The number of carbonyl (C=O) groups is 4. The molecule has 4 rings (SSSR count). The number of methoxy groups -OCH3 is 2. The van der Waals surface area contributed by atoms with Crippen molar-refractivity contribution >= 4 is 47.6 Å². The van der Waals surface area contributed by atoms with Gasteiger partial charge in [0, 0.05) is 11.1 Å². The molecular formula is C27H21ClN2O8. The van der Waals surface area contributed by atoms with Gasteiger partial charge in [-0.25, -0.2) is 14.4 Å². The van der Waals surface area contributed by atoms with Crippen LogP contribution in [0.4, 0.5) is 4.79 Å². The molecule has 194 valence electrons. The molecule has 1 aromatic heterocycles. The number of carbonyl (C=O) groups excluding carboxylic acids is 4. The molecule has 0 spiro atoms. The van der Waals surface area contributed by atoms with Gasteiger partial charge >= 0.3 is 18.0 Å². The summed E-state index contributed by atoms with van der Waals surface area (Å²) >= 11 is 5.86. The molecule has 10 nitrogen and oxygen atoms in total. The van der Waals surface area contributed by atoms with Crippen molar-refractivity contribution in [2.75, 3.05) is 14.2 Å². The molecular weight excluding hydrogens is 516 g/mol. The fourth-order valence-corrected chi connectivity index (χ4v) is 3.58. The molecule has 3 amide bonds. The van der Waals surface area contributed by atoms with E-state index in [2.05, 4.69) is 10.1 Å². The van der Waals surface area contributed by atoms with Crippen molar-refractivity contribution in [1.82, 2.24) is 10.2 Å². The largest absolute Gasteiger partial charge is 0.493 e. The third-order valence-corrected chi connectivity index (χ3v) is 5.57. The first-order valence-electron chi connectivity index (χ1n) is 11.1. The van der Waals surface area contributed by atoms with E-state index in [9.17, 15) is 19.2 Å². The number of imide groups is 1. The molecule has 3 aromatic rings. The van der Waals surface area contributed by atoms with Gasteiger partial charge in [-0.1, -0.05) is 29.8 Å². The lowest BCUT2D eigenvalue weighted by atomic mass is 10.1. The number of nitrogens with one attached hydrogen (secondary N) is 1. The van der Waals surface area contributed by atoms with Crippen LogP contribution in [0.1, 0.15) is 27.4 Å². The van der Waals surface area contributed by atoms with E-state index in [4.69, 9.17) is 25.5 Å². The molecule has 1 saturated heterocycles. The molecule has 2 aromatic carbocycles. The molecule has 0 aliphatic carbocycles. The van der Waals surface area contributed by atoms with Gasteiger partial charge in [-0.3, -0.25) is 9.69 Å². The van der Waals surface area contributed by atoms with Gasteiger partial charge in [-0.15, -0.1) is 0 Å². The lowest BCUT2D eigenvalue weighted by Gasteiger charge is -2.10. The van der Waals surface area contributed by atoms with Gasteiger partial charge in [-0.2, -0.15) is 0 Å². The van der Waals surface area contributed by atoms with Gasteiger partial charge in [0.15, 0.2) is 11.5 Å². The molecule has 0 atom stereocenters. The number of nitrogens with zero attached hydrogens (tertiary/aromatic N) is 1. The number of halogens is 1. The van der Waals surface area contributed by atoms with Gasteiger partial charge < -0.3 is 23.9 Å². The summed E-state index contributed by atoms with van der Waals surface area (Å²) in [6.07, 6.45) is 4.31. The summed E-state index contributed by atoms with van der Waals surface area (Å²) in [7, 11) is 2.62. The molecule has 0 saturated carbocycles. The maximum atomic E-state index is 12.8. The highest BCUT2D eigenvalue weighted by molar-refractivity contribution is 6.30. The van der Waals surface area contributed by atoms with Crippen LogP contribution in [-0.2, 0) is 20.9 Å². The molecule has 2 heterocycles. The smallest absolute Gasteiger partial charge is 0.373 e. The summed E-state index contributed by atoms with van der Waals surface area (Å²) in [5, 5.41) is 3.09. The molecule has 0 unspecified atom stereocenters. The van der Waals surface area contributed by atoms with Gasteiger partial charge in [0.25, 0.3) is 5.91 Å². The number of esters is 2. The van der Waals surface area contributed by atoms with Gasteiger partial charge in [-0.05, 0) is 59.7 Å². The Kier molecular flexibility index (Phi) is 7.93. The predicted octanol–water partition coefficient (Wildman–Crippen LogP) is 4.44. The normalized spacial score (nSPS) is 14.2. The Bertz CT molecular complexity index is 1460. The Morgan fingerprint density at radius 1 is 1.00 bits per heavy atom. The number of ether oxygens (including phenoxy) is 3. The topological polar surface area (TPSA) is 124 Å². The van der Waals surface area contributed by atoms with E-state index in [1.165, 1.54) is 44.6 Å². The third kappa shape index (κ3) is 6.11. The Morgan fingerprint density at radius 3 is 2.45 bits per heavy atom. The van der Waals surface area contributed by atoms with Crippen LogP contribution in [0.15, 0.2) is 70.8 Å². The predicted molar refractivity (Wildman–Crippen MR) is 136 cm³/mol. The fraction of sp³-hybridized carbons (Fsp3) is 0.111. The zero-order chi connectivity index (χ0) is 27.2. The minimum absolute atomic E-state index is 0.0208. The van der Waals surface area contributed by atoms with Crippen LogP contribution >= 0.6 is 11.6 Å². The first kappa shape index (κ1) is 26.2. The summed E-state index contributed by atoms with van der Waals surface area (Å²) in [5.74, 6) is -1.28. The lowest BCUT2D eigenvalue weighted by molar-refractivity contribution is -0.129. The summed E-state index contributed by atoms with van der Waals surface area (Å²) in [6.45, 7) is -0.180. The lowest BCUT2D eigenvalue weighted by Crippen LogP contribution is -2.30. The van der Waals surface area contributed by atoms with Crippen molar-refractivity contribution in [2.45, 2.75) is 6.54 Å². The zero-order valence-electron chi connectivity index (χ0n) is 20.2. The number of urea groups is 1. The van der Waals surface area contributed by atoms with Crippen LogP contribution in [0.25, 0.3) is 12.2 Å². The van der Waals surface area contributed by atoms with Crippen LogP contribution in [0.2, 0.25) is 5.02 Å². The minimum atomic E-state index is -0.672. The van der Waals surface area contributed by atoms with Crippen molar-refractivity contribution in [3.05, 3.63) is 94.0 Å². The highest BCUT2D eigenvalue weighted by Crippen LogP contribution is 2.30. The molecule has 1 aliphatic rings. The Hall–Kier alpha value is -4.83. The molecule has 0 radical (unpaired) electrons. The number of benzene rings is 2. The second kappa shape index (κ2) is 11.5. The van der Waals surface area contributed by atoms with Gasteiger partial charge in [0.05, 0.1) is 20.8 Å². The van der Waals surface area contributed by atoms with Crippen molar-refractivity contribution < 1.29 is 37.8 Å². The second-order valence-electron chi connectivity index (χ2n) is 7.85.